The van der Waals surface area contributed by atoms with Gasteiger partial charge < -0.3 is 9.32 Å². The summed E-state index contributed by atoms with van der Waals surface area (Å²) in [5.41, 5.74) is 2.05. The molecule has 3 N–H and O–H groups in total. The molecule has 0 unspecified atom stereocenters. The Balaban J connectivity index is 1.90. The van der Waals surface area contributed by atoms with E-state index in [0.29, 0.717) is 0 Å². The van der Waals surface area contributed by atoms with E-state index >= 15 is 0 Å². The van der Waals surface area contributed by atoms with Crippen LogP contribution in [-0.2, 0) is 6.54 Å². The number of nitrogens with zero attached hydrogens (tertiary/aromatic N) is 2. The van der Waals surface area contributed by atoms with Gasteiger partial charge in [0.2, 0.25) is 0 Å². The minimum absolute atomic E-state index is 0.261. The number of hydrogen-bond acceptors (Lipinski definition) is 5. The Labute approximate surface area is 100 Å². The van der Waals surface area contributed by atoms with Crippen LogP contribution in [0.25, 0.3) is 0 Å². The predicted molar refractivity (Wildman–Crippen MR) is 63.1 cm³/mol. The highest BCUT2D eigenvalue weighted by Crippen LogP contribution is 2.11. The number of piperazine rings is 1. The molecular formula is C11H18N4O2. The van der Waals surface area contributed by atoms with Crippen LogP contribution in [0.2, 0.25) is 0 Å². The molecule has 1 aromatic rings. The van der Waals surface area contributed by atoms with Crippen molar-refractivity contribution >= 4 is 5.91 Å². The van der Waals surface area contributed by atoms with Crippen LogP contribution < -0.4 is 11.3 Å². The Morgan fingerprint density at radius 1 is 1.41 bits per heavy atom. The number of furan rings is 1. The lowest BCUT2D eigenvalue weighted by atomic mass is 10.3. The summed E-state index contributed by atoms with van der Waals surface area (Å²) in [4.78, 5) is 15.8. The molecule has 2 heterocycles. The van der Waals surface area contributed by atoms with E-state index in [1.807, 2.05) is 6.07 Å². The molecule has 6 heteroatoms. The van der Waals surface area contributed by atoms with Gasteiger partial charge in [0.15, 0.2) is 5.76 Å². The first kappa shape index (κ1) is 12.1. The fourth-order valence-electron chi connectivity index (χ4n) is 1.88. The first-order valence-electron chi connectivity index (χ1n) is 5.69. The van der Waals surface area contributed by atoms with Crippen molar-refractivity contribution in [2.24, 2.45) is 5.84 Å². The second kappa shape index (κ2) is 5.31. The Bertz CT molecular complexity index is 383. The van der Waals surface area contributed by atoms with Gasteiger partial charge in [-0.1, -0.05) is 0 Å². The maximum atomic E-state index is 11.2. The fraction of sp³-hybridized carbons (Fsp3) is 0.545. The van der Waals surface area contributed by atoms with Gasteiger partial charge in [-0.15, -0.1) is 0 Å². The molecule has 1 aliphatic rings. The number of carbonyl (C=O) groups excluding carboxylic acids is 1. The summed E-state index contributed by atoms with van der Waals surface area (Å²) in [5.74, 6) is 5.70. The fourth-order valence-corrected chi connectivity index (χ4v) is 1.88. The zero-order valence-corrected chi connectivity index (χ0v) is 9.98. The number of amides is 1. The Kier molecular flexibility index (Phi) is 3.78. The van der Waals surface area contributed by atoms with Crippen molar-refractivity contribution in [2.45, 2.75) is 6.54 Å². The van der Waals surface area contributed by atoms with E-state index in [4.69, 9.17) is 10.3 Å². The first-order chi connectivity index (χ1) is 8.19. The van der Waals surface area contributed by atoms with Crippen molar-refractivity contribution in [3.63, 3.8) is 0 Å². The van der Waals surface area contributed by atoms with Crippen LogP contribution in [0.1, 0.15) is 16.3 Å². The average Bonchev–Trinajstić information content (AvgIpc) is 2.80. The van der Waals surface area contributed by atoms with Gasteiger partial charge in [0, 0.05) is 26.2 Å². The van der Waals surface area contributed by atoms with Gasteiger partial charge in [0.05, 0.1) is 6.54 Å². The van der Waals surface area contributed by atoms with Gasteiger partial charge in [-0.25, -0.2) is 5.84 Å². The molecule has 1 saturated heterocycles. The van der Waals surface area contributed by atoms with E-state index in [1.54, 1.807) is 6.07 Å². The van der Waals surface area contributed by atoms with Crippen molar-refractivity contribution in [1.29, 1.82) is 0 Å². The standard InChI is InChI=1S/C11H18N4O2/c1-14-4-6-15(7-5-14)8-9-2-3-10(17-9)11(16)13-12/h2-3H,4-8,12H2,1H3,(H,13,16). The van der Waals surface area contributed by atoms with E-state index in [9.17, 15) is 4.79 Å². The summed E-state index contributed by atoms with van der Waals surface area (Å²) < 4.78 is 5.42. The molecule has 94 valence electrons. The number of likely N-dealkylation sites (N-methyl/N-ethyl adjacent to an activating group) is 1. The third kappa shape index (κ3) is 3.06. The summed E-state index contributed by atoms with van der Waals surface area (Å²) >= 11 is 0. The number of nitrogens with one attached hydrogen (secondary N) is 1. The third-order valence-electron chi connectivity index (χ3n) is 2.99. The maximum Gasteiger partial charge on any atom is 0.300 e. The van der Waals surface area contributed by atoms with Crippen LogP contribution >= 0.6 is 0 Å². The van der Waals surface area contributed by atoms with Crippen LogP contribution in [-0.4, -0.2) is 48.9 Å². The van der Waals surface area contributed by atoms with Crippen molar-refractivity contribution < 1.29 is 9.21 Å². The highest BCUT2D eigenvalue weighted by atomic mass is 16.4. The summed E-state index contributed by atoms with van der Waals surface area (Å²) in [6.07, 6.45) is 0. The van der Waals surface area contributed by atoms with E-state index in [-0.39, 0.29) is 5.76 Å². The minimum atomic E-state index is -0.394. The third-order valence-corrected chi connectivity index (χ3v) is 2.99. The summed E-state index contributed by atoms with van der Waals surface area (Å²) in [7, 11) is 2.12. The number of carbonyl (C=O) groups is 1. The molecule has 0 atom stereocenters. The zero-order valence-electron chi connectivity index (χ0n) is 9.98. The molecule has 2 rings (SSSR count). The molecule has 0 aromatic carbocycles. The van der Waals surface area contributed by atoms with Gasteiger partial charge in [-0.2, -0.15) is 0 Å². The molecule has 17 heavy (non-hydrogen) atoms. The topological polar surface area (TPSA) is 74.7 Å². The molecule has 0 saturated carbocycles. The van der Waals surface area contributed by atoms with E-state index in [0.717, 1.165) is 38.5 Å². The van der Waals surface area contributed by atoms with Crippen molar-refractivity contribution in [2.75, 3.05) is 33.2 Å². The minimum Gasteiger partial charge on any atom is -0.455 e. The van der Waals surface area contributed by atoms with Crippen LogP contribution in [0.3, 0.4) is 0 Å². The molecule has 0 bridgehead atoms. The number of nitrogen functional groups attached to an aromatic ring is 1. The summed E-state index contributed by atoms with van der Waals surface area (Å²) in [5, 5.41) is 0. The maximum absolute atomic E-state index is 11.2. The predicted octanol–water partition coefficient (Wildman–Crippen LogP) is -0.369. The van der Waals surface area contributed by atoms with E-state index in [1.165, 1.54) is 0 Å². The lowest BCUT2D eigenvalue weighted by Gasteiger charge is -2.31. The molecule has 1 aliphatic heterocycles. The first-order valence-corrected chi connectivity index (χ1v) is 5.69. The van der Waals surface area contributed by atoms with Gasteiger partial charge in [0.25, 0.3) is 0 Å². The van der Waals surface area contributed by atoms with Crippen molar-refractivity contribution in [1.82, 2.24) is 15.2 Å². The Hall–Kier alpha value is -1.37. The molecule has 1 aromatic heterocycles. The zero-order chi connectivity index (χ0) is 12.3. The van der Waals surface area contributed by atoms with Gasteiger partial charge in [-0.05, 0) is 19.2 Å². The molecule has 6 nitrogen and oxygen atoms in total. The SMILES string of the molecule is CN1CCN(Cc2ccc(C(=O)NN)o2)CC1. The molecule has 1 fully saturated rings. The number of rotatable bonds is 3. The lowest BCUT2D eigenvalue weighted by Crippen LogP contribution is -2.43. The summed E-state index contributed by atoms with van der Waals surface area (Å²) in [6, 6.07) is 3.47. The van der Waals surface area contributed by atoms with Gasteiger partial charge in [0.1, 0.15) is 5.76 Å². The molecule has 0 aliphatic carbocycles. The summed E-state index contributed by atoms with van der Waals surface area (Å²) in [6.45, 7) is 4.92. The lowest BCUT2D eigenvalue weighted by molar-refractivity contribution is 0.0919. The average molecular weight is 238 g/mol. The highest BCUT2D eigenvalue weighted by molar-refractivity contribution is 5.90. The molecule has 0 radical (unpaired) electrons. The van der Waals surface area contributed by atoms with E-state index in [2.05, 4.69) is 22.3 Å². The highest BCUT2D eigenvalue weighted by Gasteiger charge is 2.16. The van der Waals surface area contributed by atoms with Crippen molar-refractivity contribution in [3.05, 3.63) is 23.7 Å². The Morgan fingerprint density at radius 2 is 2.12 bits per heavy atom. The molecule has 1 amide bonds. The van der Waals surface area contributed by atoms with Gasteiger partial charge in [-0.3, -0.25) is 15.1 Å². The molecule has 0 spiro atoms. The van der Waals surface area contributed by atoms with Crippen LogP contribution in [0.4, 0.5) is 0 Å². The van der Waals surface area contributed by atoms with Crippen LogP contribution in [0, 0.1) is 0 Å². The quantitative estimate of drug-likeness (QED) is 0.427. The van der Waals surface area contributed by atoms with Crippen LogP contribution in [0.15, 0.2) is 16.5 Å². The second-order valence-electron chi connectivity index (χ2n) is 4.32. The smallest absolute Gasteiger partial charge is 0.300 e. The number of hydrazine groups is 1. The number of nitrogens with two attached hydrogens (primary N) is 1. The largest absolute Gasteiger partial charge is 0.455 e. The van der Waals surface area contributed by atoms with Crippen molar-refractivity contribution in [3.8, 4) is 0 Å². The second-order valence-corrected chi connectivity index (χ2v) is 4.32. The molecular weight excluding hydrogens is 220 g/mol. The number of hydrogen-bond donors (Lipinski definition) is 2. The van der Waals surface area contributed by atoms with E-state index < -0.39 is 5.91 Å². The monoisotopic (exact) mass is 238 g/mol. The Morgan fingerprint density at radius 3 is 2.76 bits per heavy atom. The van der Waals surface area contributed by atoms with Gasteiger partial charge >= 0.3 is 5.91 Å². The van der Waals surface area contributed by atoms with Crippen LogP contribution in [0.5, 0.6) is 0 Å². The normalized spacial score (nSPS) is 18.2.